The molecule has 2 aromatic rings. The van der Waals surface area contributed by atoms with E-state index in [0.29, 0.717) is 5.56 Å². The third kappa shape index (κ3) is 3.65. The Morgan fingerprint density at radius 2 is 1.71 bits per heavy atom. The Morgan fingerprint density at radius 3 is 2.24 bits per heavy atom. The number of pyridine rings is 1. The van der Waals surface area contributed by atoms with Crippen LogP contribution in [0.5, 0.6) is 0 Å². The first-order valence-electron chi connectivity index (χ1n) is 6.98. The van der Waals surface area contributed by atoms with Crippen molar-refractivity contribution in [3.63, 3.8) is 0 Å². The zero-order valence-electron chi connectivity index (χ0n) is 13.2. The van der Waals surface area contributed by atoms with Gasteiger partial charge in [0.05, 0.1) is 5.56 Å². The molecule has 1 aromatic heterocycles. The van der Waals surface area contributed by atoms with Gasteiger partial charge < -0.3 is 0 Å². The van der Waals surface area contributed by atoms with Crippen molar-refractivity contribution in [2.45, 2.75) is 50.0 Å². The molecule has 21 heavy (non-hydrogen) atoms. The maximum atomic E-state index is 9.32. The maximum Gasteiger partial charge on any atom is 0.119 e. The Hall–Kier alpha value is -1.79. The third-order valence-electron chi connectivity index (χ3n) is 3.36. The number of benzene rings is 1. The van der Waals surface area contributed by atoms with Crippen LogP contribution in [0.2, 0.25) is 0 Å². The van der Waals surface area contributed by atoms with E-state index in [9.17, 15) is 5.26 Å². The van der Waals surface area contributed by atoms with Crippen molar-refractivity contribution in [2.24, 2.45) is 0 Å². The highest BCUT2D eigenvalue weighted by Crippen LogP contribution is 2.32. The Bertz CT molecular complexity index is 689. The molecule has 3 heteroatoms. The van der Waals surface area contributed by atoms with Crippen LogP contribution in [0, 0.1) is 25.2 Å². The zero-order valence-corrected chi connectivity index (χ0v) is 14.0. The van der Waals surface area contributed by atoms with E-state index in [4.69, 9.17) is 0 Å². The van der Waals surface area contributed by atoms with E-state index < -0.39 is 0 Å². The molecule has 0 amide bonds. The van der Waals surface area contributed by atoms with Crippen molar-refractivity contribution in [1.29, 1.82) is 5.26 Å². The van der Waals surface area contributed by atoms with Crippen LogP contribution in [0.3, 0.4) is 0 Å². The minimum absolute atomic E-state index is 0.152. The van der Waals surface area contributed by atoms with Crippen LogP contribution in [0.15, 0.2) is 40.3 Å². The van der Waals surface area contributed by atoms with Crippen LogP contribution < -0.4 is 0 Å². The molecule has 0 bridgehead atoms. The molecular formula is C18H20N2S. The van der Waals surface area contributed by atoms with Gasteiger partial charge in [-0.15, -0.1) is 0 Å². The number of nitriles is 1. The fourth-order valence-electron chi connectivity index (χ4n) is 2.15. The SMILES string of the molecule is Cc1cc(C)c(C#N)c(Sc2ccc(C(C)(C)C)cc2)n1. The highest BCUT2D eigenvalue weighted by molar-refractivity contribution is 7.99. The fourth-order valence-corrected chi connectivity index (χ4v) is 3.14. The van der Waals surface area contributed by atoms with Crippen molar-refractivity contribution in [1.82, 2.24) is 4.98 Å². The van der Waals surface area contributed by atoms with Gasteiger partial charge in [-0.2, -0.15) is 5.26 Å². The molecule has 0 atom stereocenters. The van der Waals surface area contributed by atoms with Crippen LogP contribution in [0.4, 0.5) is 0 Å². The predicted molar refractivity (Wildman–Crippen MR) is 87.7 cm³/mol. The number of hydrogen-bond acceptors (Lipinski definition) is 3. The van der Waals surface area contributed by atoms with Gasteiger partial charge in [0, 0.05) is 10.6 Å². The average Bonchev–Trinajstić information content (AvgIpc) is 2.38. The molecule has 0 saturated carbocycles. The number of rotatable bonds is 2. The molecule has 108 valence electrons. The second-order valence-corrected chi connectivity index (χ2v) is 7.31. The fraction of sp³-hybridized carbons (Fsp3) is 0.333. The molecule has 0 aliphatic rings. The number of hydrogen-bond donors (Lipinski definition) is 0. The first-order chi connectivity index (χ1) is 9.81. The largest absolute Gasteiger partial charge is 0.245 e. The molecule has 0 saturated heterocycles. The van der Waals surface area contributed by atoms with E-state index in [2.05, 4.69) is 56.1 Å². The smallest absolute Gasteiger partial charge is 0.119 e. The molecule has 0 aliphatic carbocycles. The van der Waals surface area contributed by atoms with E-state index in [1.54, 1.807) is 11.8 Å². The van der Waals surface area contributed by atoms with E-state index in [0.717, 1.165) is 21.2 Å². The lowest BCUT2D eigenvalue weighted by Crippen LogP contribution is -2.10. The second-order valence-electron chi connectivity index (χ2n) is 6.25. The van der Waals surface area contributed by atoms with Gasteiger partial charge in [0.2, 0.25) is 0 Å². The van der Waals surface area contributed by atoms with Crippen LogP contribution in [0.25, 0.3) is 0 Å². The summed E-state index contributed by atoms with van der Waals surface area (Å²) in [6.45, 7) is 10.5. The summed E-state index contributed by atoms with van der Waals surface area (Å²) in [6, 6.07) is 12.7. The maximum absolute atomic E-state index is 9.32. The summed E-state index contributed by atoms with van der Waals surface area (Å²) >= 11 is 1.55. The summed E-state index contributed by atoms with van der Waals surface area (Å²) in [6.07, 6.45) is 0. The summed E-state index contributed by atoms with van der Waals surface area (Å²) in [4.78, 5) is 5.62. The molecular weight excluding hydrogens is 276 g/mol. The van der Waals surface area contributed by atoms with E-state index in [-0.39, 0.29) is 5.41 Å². The summed E-state index contributed by atoms with van der Waals surface area (Å²) in [5.41, 5.74) is 4.06. The van der Waals surface area contributed by atoms with E-state index >= 15 is 0 Å². The molecule has 0 unspecified atom stereocenters. The molecule has 0 spiro atoms. The van der Waals surface area contributed by atoms with E-state index in [1.165, 1.54) is 5.56 Å². The van der Waals surface area contributed by atoms with Crippen LogP contribution in [-0.4, -0.2) is 4.98 Å². The summed E-state index contributed by atoms with van der Waals surface area (Å²) < 4.78 is 0. The van der Waals surface area contributed by atoms with Gasteiger partial charge in [0.1, 0.15) is 11.1 Å². The topological polar surface area (TPSA) is 36.7 Å². The number of aryl methyl sites for hydroxylation is 2. The second kappa shape index (κ2) is 5.91. The van der Waals surface area contributed by atoms with Gasteiger partial charge in [-0.05, 0) is 48.6 Å². The van der Waals surface area contributed by atoms with Crippen LogP contribution >= 0.6 is 11.8 Å². The Morgan fingerprint density at radius 1 is 1.10 bits per heavy atom. The highest BCUT2D eigenvalue weighted by Gasteiger charge is 2.14. The monoisotopic (exact) mass is 296 g/mol. The minimum Gasteiger partial charge on any atom is -0.245 e. The molecule has 0 fully saturated rings. The van der Waals surface area contributed by atoms with Gasteiger partial charge in [-0.1, -0.05) is 44.7 Å². The van der Waals surface area contributed by atoms with Gasteiger partial charge in [0.15, 0.2) is 0 Å². The number of nitrogens with zero attached hydrogens (tertiary/aromatic N) is 2. The summed E-state index contributed by atoms with van der Waals surface area (Å²) in [5.74, 6) is 0. The van der Waals surface area contributed by atoms with Gasteiger partial charge in [-0.25, -0.2) is 4.98 Å². The van der Waals surface area contributed by atoms with Gasteiger partial charge in [0.25, 0.3) is 0 Å². The molecule has 1 aromatic carbocycles. The lowest BCUT2D eigenvalue weighted by molar-refractivity contribution is 0.590. The van der Waals surface area contributed by atoms with Gasteiger partial charge >= 0.3 is 0 Å². The molecule has 0 aliphatic heterocycles. The zero-order chi connectivity index (χ0) is 15.6. The Kier molecular flexibility index (Phi) is 4.39. The molecule has 1 heterocycles. The normalized spacial score (nSPS) is 11.2. The highest BCUT2D eigenvalue weighted by atomic mass is 32.2. The molecule has 0 N–H and O–H groups in total. The standard InChI is InChI=1S/C18H20N2S/c1-12-10-13(2)20-17(16(12)11-19)21-15-8-6-14(7-9-15)18(3,4)5/h6-10H,1-5H3. The summed E-state index contributed by atoms with van der Waals surface area (Å²) in [7, 11) is 0. The lowest BCUT2D eigenvalue weighted by Gasteiger charge is -2.19. The summed E-state index contributed by atoms with van der Waals surface area (Å²) in [5, 5.41) is 10.1. The first-order valence-corrected chi connectivity index (χ1v) is 7.79. The predicted octanol–water partition coefficient (Wildman–Crippen LogP) is 5.02. The van der Waals surface area contributed by atoms with Crippen molar-refractivity contribution in [2.75, 3.05) is 0 Å². The number of aromatic nitrogens is 1. The first kappa shape index (κ1) is 15.6. The van der Waals surface area contributed by atoms with E-state index in [1.807, 2.05) is 19.9 Å². The van der Waals surface area contributed by atoms with Crippen LogP contribution in [0.1, 0.15) is 43.2 Å². The Labute approximate surface area is 131 Å². The van der Waals surface area contributed by atoms with Crippen molar-refractivity contribution >= 4 is 11.8 Å². The Balaban J connectivity index is 2.33. The van der Waals surface area contributed by atoms with Crippen molar-refractivity contribution in [3.05, 3.63) is 52.7 Å². The molecule has 0 radical (unpaired) electrons. The quantitative estimate of drug-likeness (QED) is 0.781. The van der Waals surface area contributed by atoms with Crippen molar-refractivity contribution < 1.29 is 0 Å². The third-order valence-corrected chi connectivity index (χ3v) is 4.35. The molecule has 2 rings (SSSR count). The lowest BCUT2D eigenvalue weighted by atomic mass is 9.87. The van der Waals surface area contributed by atoms with Gasteiger partial charge in [-0.3, -0.25) is 0 Å². The molecule has 2 nitrogen and oxygen atoms in total. The average molecular weight is 296 g/mol. The minimum atomic E-state index is 0.152. The van der Waals surface area contributed by atoms with Crippen molar-refractivity contribution in [3.8, 4) is 6.07 Å². The van der Waals surface area contributed by atoms with Crippen LogP contribution in [-0.2, 0) is 5.41 Å².